The Morgan fingerprint density at radius 3 is 1.36 bits per heavy atom. The maximum absolute atomic E-state index is 12.0. The van der Waals surface area contributed by atoms with Crippen molar-refractivity contribution >= 4 is 17.8 Å². The summed E-state index contributed by atoms with van der Waals surface area (Å²) in [5.74, 6) is 0.960. The van der Waals surface area contributed by atoms with Crippen molar-refractivity contribution in [3.63, 3.8) is 0 Å². The van der Waals surface area contributed by atoms with E-state index in [1.54, 1.807) is 0 Å². The Morgan fingerprint density at radius 2 is 0.944 bits per heavy atom. The summed E-state index contributed by atoms with van der Waals surface area (Å²) in [5.41, 5.74) is 3.50. The molecule has 0 unspecified atom stereocenters. The first-order valence-corrected chi connectivity index (χ1v) is 14.6. The van der Waals surface area contributed by atoms with Gasteiger partial charge in [0, 0.05) is 12.7 Å². The van der Waals surface area contributed by atoms with E-state index in [1.807, 2.05) is 7.05 Å². The number of unbranched alkanes of at least 4 members (excludes halogenated alkanes) is 15. The van der Waals surface area contributed by atoms with Crippen LogP contribution in [0.2, 0.25) is 0 Å². The summed E-state index contributed by atoms with van der Waals surface area (Å²) >= 11 is 0. The van der Waals surface area contributed by atoms with Crippen LogP contribution in [-0.4, -0.2) is 20.3 Å². The Labute approximate surface area is 220 Å². The highest BCUT2D eigenvalue weighted by Crippen LogP contribution is 2.17. The van der Waals surface area contributed by atoms with Gasteiger partial charge in [-0.3, -0.25) is 4.39 Å². The summed E-state index contributed by atoms with van der Waals surface area (Å²) in [5, 5.41) is 3.14. The Balaban J connectivity index is 1.38. The lowest BCUT2D eigenvalue weighted by Gasteiger charge is -2.07. The molecule has 0 radical (unpaired) electrons. The number of hydrogen-bond acceptors (Lipinski definition) is 2. The largest absolute Gasteiger partial charge is 0.494 e. The first kappa shape index (κ1) is 29.9. The van der Waals surface area contributed by atoms with Crippen LogP contribution in [0.25, 0.3) is 12.2 Å². The summed E-state index contributed by atoms with van der Waals surface area (Å²) in [6.07, 6.45) is 24.7. The van der Waals surface area contributed by atoms with E-state index in [0.29, 0.717) is 0 Å². The van der Waals surface area contributed by atoms with E-state index in [0.717, 1.165) is 37.3 Å². The summed E-state index contributed by atoms with van der Waals surface area (Å²) in [7, 11) is 1.93. The smallest absolute Gasteiger partial charge is 0.119 e. The number of anilines is 1. The van der Waals surface area contributed by atoms with Crippen molar-refractivity contribution in [1.29, 1.82) is 0 Å². The lowest BCUT2D eigenvalue weighted by Crippen LogP contribution is -1.97. The predicted octanol–water partition coefficient (Wildman–Crippen LogP) is 10.5. The summed E-state index contributed by atoms with van der Waals surface area (Å²) in [6, 6.07) is 16.8. The van der Waals surface area contributed by atoms with Gasteiger partial charge in [-0.1, -0.05) is 126 Å². The fraction of sp³-hybridized carbons (Fsp3) is 0.576. The zero-order chi connectivity index (χ0) is 25.5. The predicted molar refractivity (Wildman–Crippen MR) is 157 cm³/mol. The minimum atomic E-state index is -0.142. The standard InChI is InChI=1S/C33H50FNO/c1-35-32-24-20-30(21-25-32)18-19-31-22-26-33(27-23-31)36-29-17-15-13-11-9-7-5-3-2-4-6-8-10-12-14-16-28-34/h18-27,35H,2-17,28-29H2,1H3/b19-18+. The molecule has 36 heavy (non-hydrogen) atoms. The molecule has 2 aromatic rings. The van der Waals surface area contributed by atoms with E-state index >= 15 is 0 Å². The van der Waals surface area contributed by atoms with E-state index in [2.05, 4.69) is 66.0 Å². The van der Waals surface area contributed by atoms with Gasteiger partial charge in [-0.2, -0.15) is 0 Å². The highest BCUT2D eigenvalue weighted by Gasteiger charge is 1.97. The normalized spacial score (nSPS) is 11.3. The van der Waals surface area contributed by atoms with Crippen LogP contribution in [0.5, 0.6) is 5.75 Å². The monoisotopic (exact) mass is 495 g/mol. The number of rotatable bonds is 22. The highest BCUT2D eigenvalue weighted by atomic mass is 19.1. The molecule has 0 saturated carbocycles. The molecule has 0 saturated heterocycles. The van der Waals surface area contributed by atoms with Crippen LogP contribution in [0.15, 0.2) is 48.5 Å². The van der Waals surface area contributed by atoms with Crippen LogP contribution in [0.3, 0.4) is 0 Å². The summed E-state index contributed by atoms with van der Waals surface area (Å²) in [4.78, 5) is 0. The van der Waals surface area contributed by atoms with Crippen LogP contribution in [0.1, 0.15) is 114 Å². The van der Waals surface area contributed by atoms with Crippen molar-refractivity contribution in [1.82, 2.24) is 0 Å². The molecule has 0 aliphatic rings. The van der Waals surface area contributed by atoms with Crippen molar-refractivity contribution in [2.45, 2.75) is 103 Å². The van der Waals surface area contributed by atoms with Gasteiger partial charge < -0.3 is 10.1 Å². The molecule has 0 fully saturated rings. The average molecular weight is 496 g/mol. The average Bonchev–Trinajstić information content (AvgIpc) is 2.92. The summed E-state index contributed by atoms with van der Waals surface area (Å²) < 4.78 is 17.9. The fourth-order valence-corrected chi connectivity index (χ4v) is 4.49. The van der Waals surface area contributed by atoms with Gasteiger partial charge in [-0.15, -0.1) is 0 Å². The van der Waals surface area contributed by atoms with Crippen molar-refractivity contribution in [3.8, 4) is 5.75 Å². The van der Waals surface area contributed by atoms with Crippen molar-refractivity contribution < 1.29 is 9.13 Å². The molecule has 0 spiro atoms. The molecule has 2 nitrogen and oxygen atoms in total. The van der Waals surface area contributed by atoms with Gasteiger partial charge in [0.1, 0.15) is 5.75 Å². The Hall–Kier alpha value is -2.29. The zero-order valence-corrected chi connectivity index (χ0v) is 22.8. The quantitative estimate of drug-likeness (QED) is 0.129. The number of benzene rings is 2. The molecule has 200 valence electrons. The number of hydrogen-bond donors (Lipinski definition) is 1. The topological polar surface area (TPSA) is 21.3 Å². The van der Waals surface area contributed by atoms with E-state index in [-0.39, 0.29) is 6.67 Å². The van der Waals surface area contributed by atoms with Crippen LogP contribution in [-0.2, 0) is 0 Å². The van der Waals surface area contributed by atoms with Gasteiger partial charge in [0.25, 0.3) is 0 Å². The SMILES string of the molecule is CNc1ccc(/C=C/c2ccc(OCCCCCCCCCCCCCCCCCCF)cc2)cc1. The van der Waals surface area contributed by atoms with Crippen LogP contribution >= 0.6 is 0 Å². The molecule has 0 aliphatic heterocycles. The van der Waals surface area contributed by atoms with Crippen LogP contribution < -0.4 is 10.1 Å². The van der Waals surface area contributed by atoms with Crippen LogP contribution in [0.4, 0.5) is 10.1 Å². The Morgan fingerprint density at radius 1 is 0.556 bits per heavy atom. The van der Waals surface area contributed by atoms with Gasteiger partial charge in [0.05, 0.1) is 13.3 Å². The Kier molecular flexibility index (Phi) is 17.3. The Bertz CT molecular complexity index is 784. The molecule has 2 rings (SSSR count). The second-order valence-corrected chi connectivity index (χ2v) is 9.97. The first-order chi connectivity index (χ1) is 17.8. The third-order valence-corrected chi connectivity index (χ3v) is 6.84. The zero-order valence-electron chi connectivity index (χ0n) is 22.8. The third-order valence-electron chi connectivity index (χ3n) is 6.84. The van der Waals surface area contributed by atoms with Gasteiger partial charge >= 0.3 is 0 Å². The summed E-state index contributed by atoms with van der Waals surface area (Å²) in [6.45, 7) is 0.666. The number of alkyl halides is 1. The second kappa shape index (κ2) is 20.9. The van der Waals surface area contributed by atoms with Gasteiger partial charge in [0.15, 0.2) is 0 Å². The van der Waals surface area contributed by atoms with Gasteiger partial charge in [-0.05, 0) is 48.2 Å². The van der Waals surface area contributed by atoms with Crippen LogP contribution in [0, 0.1) is 0 Å². The number of ether oxygens (including phenoxy) is 1. The van der Waals surface area contributed by atoms with Crippen molar-refractivity contribution in [3.05, 3.63) is 59.7 Å². The van der Waals surface area contributed by atoms with Gasteiger partial charge in [-0.25, -0.2) is 0 Å². The molecule has 0 aliphatic carbocycles. The second-order valence-electron chi connectivity index (χ2n) is 9.97. The minimum absolute atomic E-state index is 0.142. The van der Waals surface area contributed by atoms with Gasteiger partial charge in [0.2, 0.25) is 0 Å². The molecule has 0 atom stereocenters. The molecular weight excluding hydrogens is 445 g/mol. The molecule has 1 N–H and O–H groups in total. The molecular formula is C33H50FNO. The molecule has 3 heteroatoms. The number of nitrogens with one attached hydrogen (secondary N) is 1. The first-order valence-electron chi connectivity index (χ1n) is 14.6. The number of halogens is 1. The molecule has 2 aromatic carbocycles. The fourth-order valence-electron chi connectivity index (χ4n) is 4.49. The van der Waals surface area contributed by atoms with E-state index in [1.165, 1.54) is 94.6 Å². The van der Waals surface area contributed by atoms with E-state index in [4.69, 9.17) is 4.74 Å². The van der Waals surface area contributed by atoms with E-state index < -0.39 is 0 Å². The molecule has 0 heterocycles. The maximum atomic E-state index is 12.0. The van der Waals surface area contributed by atoms with Crippen molar-refractivity contribution in [2.24, 2.45) is 0 Å². The third kappa shape index (κ3) is 15.0. The highest BCUT2D eigenvalue weighted by molar-refractivity contribution is 5.70. The minimum Gasteiger partial charge on any atom is -0.494 e. The molecule has 0 aromatic heterocycles. The lowest BCUT2D eigenvalue weighted by molar-refractivity contribution is 0.304. The molecule has 0 bridgehead atoms. The lowest BCUT2D eigenvalue weighted by atomic mass is 10.0. The van der Waals surface area contributed by atoms with Crippen molar-refractivity contribution in [2.75, 3.05) is 25.6 Å². The maximum Gasteiger partial charge on any atom is 0.119 e. The van der Waals surface area contributed by atoms with E-state index in [9.17, 15) is 4.39 Å². The molecule has 0 amide bonds.